The molecule has 1 rings (SSSR count). The molecule has 3 unspecified atom stereocenters. The number of amides is 1. The van der Waals surface area contributed by atoms with Crippen LogP contribution in [0, 0.1) is 11.3 Å². The number of rotatable bonds is 6. The van der Waals surface area contributed by atoms with Gasteiger partial charge >= 0.3 is 5.97 Å². The summed E-state index contributed by atoms with van der Waals surface area (Å²) in [6.45, 7) is 7.32. The Kier molecular flexibility index (Phi) is 8.96. The lowest BCUT2D eigenvalue weighted by atomic mass is 9.87. The number of ether oxygens (including phenoxy) is 2. The summed E-state index contributed by atoms with van der Waals surface area (Å²) >= 11 is 0. The molecule has 6 nitrogen and oxygen atoms in total. The molecule has 22 heavy (non-hydrogen) atoms. The Morgan fingerprint density at radius 1 is 1.36 bits per heavy atom. The lowest BCUT2D eigenvalue weighted by Crippen LogP contribution is -2.53. The van der Waals surface area contributed by atoms with Gasteiger partial charge in [0, 0.05) is 12.5 Å². The third-order valence-corrected chi connectivity index (χ3v) is 3.67. The van der Waals surface area contributed by atoms with Crippen LogP contribution in [0.1, 0.15) is 33.6 Å². The first-order chi connectivity index (χ1) is 9.78. The van der Waals surface area contributed by atoms with E-state index in [1.807, 2.05) is 0 Å². The van der Waals surface area contributed by atoms with E-state index in [1.54, 1.807) is 7.05 Å². The quantitative estimate of drug-likeness (QED) is 0.711. The van der Waals surface area contributed by atoms with Crippen LogP contribution in [0.15, 0.2) is 0 Å². The van der Waals surface area contributed by atoms with Crippen LogP contribution >= 0.6 is 12.4 Å². The number of carbonyl (C=O) groups excluding carboxylic acids is 2. The van der Waals surface area contributed by atoms with Crippen molar-refractivity contribution < 1.29 is 19.1 Å². The van der Waals surface area contributed by atoms with Crippen molar-refractivity contribution in [1.29, 1.82) is 0 Å². The van der Waals surface area contributed by atoms with E-state index in [4.69, 9.17) is 9.47 Å². The highest BCUT2D eigenvalue weighted by atomic mass is 35.5. The van der Waals surface area contributed by atoms with Crippen LogP contribution in [-0.4, -0.2) is 51.3 Å². The van der Waals surface area contributed by atoms with Gasteiger partial charge in [-0.05, 0) is 25.3 Å². The van der Waals surface area contributed by atoms with Crippen molar-refractivity contribution in [2.75, 3.05) is 27.4 Å². The Balaban J connectivity index is 0.00000441. The Bertz CT molecular complexity index is 365. The maximum Gasteiger partial charge on any atom is 0.328 e. The second kappa shape index (κ2) is 9.33. The van der Waals surface area contributed by atoms with Crippen molar-refractivity contribution >= 4 is 24.3 Å². The fourth-order valence-electron chi connectivity index (χ4n) is 2.50. The second-order valence-corrected chi connectivity index (χ2v) is 6.74. The Morgan fingerprint density at radius 3 is 2.41 bits per heavy atom. The first kappa shape index (κ1) is 21.1. The molecule has 1 aliphatic rings. The Morgan fingerprint density at radius 2 is 2.00 bits per heavy atom. The monoisotopic (exact) mass is 336 g/mol. The normalized spacial score (nSPS) is 20.7. The molecule has 0 saturated carbocycles. The van der Waals surface area contributed by atoms with E-state index < -0.39 is 12.0 Å². The number of hydrogen-bond acceptors (Lipinski definition) is 5. The summed E-state index contributed by atoms with van der Waals surface area (Å²) in [6.07, 6.45) is 1.44. The van der Waals surface area contributed by atoms with Crippen molar-refractivity contribution in [3.63, 3.8) is 0 Å². The summed E-state index contributed by atoms with van der Waals surface area (Å²) in [4.78, 5) is 24.3. The van der Waals surface area contributed by atoms with Crippen molar-refractivity contribution in [3.8, 4) is 0 Å². The first-order valence-corrected chi connectivity index (χ1v) is 7.41. The molecule has 0 aliphatic carbocycles. The fraction of sp³-hybridized carbons (Fsp3) is 0.867. The van der Waals surface area contributed by atoms with Gasteiger partial charge in [0.2, 0.25) is 5.91 Å². The number of likely N-dealkylation sites (N-methyl/N-ethyl adjacent to an activating group) is 1. The number of carbonyl (C=O) groups is 2. The van der Waals surface area contributed by atoms with Crippen LogP contribution in [0.4, 0.5) is 0 Å². The van der Waals surface area contributed by atoms with Gasteiger partial charge in [0.15, 0.2) is 0 Å². The minimum Gasteiger partial charge on any atom is -0.467 e. The highest BCUT2D eigenvalue weighted by Crippen LogP contribution is 2.22. The summed E-state index contributed by atoms with van der Waals surface area (Å²) in [5, 5.41) is 5.84. The smallest absolute Gasteiger partial charge is 0.328 e. The number of nitrogens with one attached hydrogen (secondary N) is 2. The van der Waals surface area contributed by atoms with E-state index in [2.05, 4.69) is 31.4 Å². The molecule has 0 aromatic carbocycles. The standard InChI is InChI=1S/C15H28N2O4.ClH/c1-15(2,3)8-11(16-4)13(18)17-12(14(19)20-5)10-6-7-21-9-10;/h10-12,16H,6-9H2,1-5H3,(H,17,18);1H. The zero-order valence-corrected chi connectivity index (χ0v) is 14.9. The van der Waals surface area contributed by atoms with Gasteiger partial charge in [-0.15, -0.1) is 12.4 Å². The van der Waals surface area contributed by atoms with Crippen molar-refractivity contribution in [1.82, 2.24) is 10.6 Å². The molecule has 1 aliphatic heterocycles. The molecule has 0 spiro atoms. The van der Waals surface area contributed by atoms with Crippen LogP contribution in [0.3, 0.4) is 0 Å². The number of esters is 1. The molecular weight excluding hydrogens is 308 g/mol. The van der Waals surface area contributed by atoms with Gasteiger partial charge in [-0.2, -0.15) is 0 Å². The van der Waals surface area contributed by atoms with Crippen LogP contribution in [-0.2, 0) is 19.1 Å². The first-order valence-electron chi connectivity index (χ1n) is 7.41. The molecular formula is C15H29ClN2O4. The number of halogens is 1. The predicted octanol–water partition coefficient (Wildman–Crippen LogP) is 1.13. The maximum atomic E-state index is 12.4. The zero-order chi connectivity index (χ0) is 16.0. The Hall–Kier alpha value is -0.850. The summed E-state index contributed by atoms with van der Waals surface area (Å²) in [5.41, 5.74) is 0.0161. The minimum atomic E-state index is -0.638. The average Bonchev–Trinajstić information content (AvgIpc) is 2.93. The predicted molar refractivity (Wildman–Crippen MR) is 87.0 cm³/mol. The summed E-state index contributed by atoms with van der Waals surface area (Å²) in [7, 11) is 3.09. The van der Waals surface area contributed by atoms with Gasteiger partial charge in [0.1, 0.15) is 6.04 Å². The molecule has 0 aromatic heterocycles. The lowest BCUT2D eigenvalue weighted by molar-refractivity contribution is -0.147. The zero-order valence-electron chi connectivity index (χ0n) is 14.1. The van der Waals surface area contributed by atoms with Gasteiger partial charge < -0.3 is 20.1 Å². The van der Waals surface area contributed by atoms with E-state index >= 15 is 0 Å². The molecule has 130 valence electrons. The SMILES string of the molecule is CNC(CC(C)(C)C)C(=O)NC(C(=O)OC)C1CCOC1.Cl. The molecule has 1 fully saturated rings. The molecule has 1 heterocycles. The summed E-state index contributed by atoms with van der Waals surface area (Å²) in [6, 6.07) is -0.972. The number of hydrogen-bond donors (Lipinski definition) is 2. The van der Waals surface area contributed by atoms with Gasteiger partial charge in [-0.1, -0.05) is 20.8 Å². The van der Waals surface area contributed by atoms with Crippen LogP contribution in [0.25, 0.3) is 0 Å². The number of methoxy groups -OCH3 is 1. The van der Waals surface area contributed by atoms with Crippen molar-refractivity contribution in [2.45, 2.75) is 45.7 Å². The van der Waals surface area contributed by atoms with Crippen LogP contribution in [0.2, 0.25) is 0 Å². The fourth-order valence-corrected chi connectivity index (χ4v) is 2.50. The minimum absolute atomic E-state index is 0. The summed E-state index contributed by atoms with van der Waals surface area (Å²) < 4.78 is 10.1. The van der Waals surface area contributed by atoms with Crippen LogP contribution in [0.5, 0.6) is 0 Å². The largest absolute Gasteiger partial charge is 0.467 e. The molecule has 1 saturated heterocycles. The molecule has 2 N–H and O–H groups in total. The highest BCUT2D eigenvalue weighted by Gasteiger charge is 2.35. The van der Waals surface area contributed by atoms with Crippen molar-refractivity contribution in [2.24, 2.45) is 11.3 Å². The topological polar surface area (TPSA) is 76.7 Å². The van der Waals surface area contributed by atoms with E-state index in [-0.39, 0.29) is 35.7 Å². The van der Waals surface area contributed by atoms with Gasteiger partial charge in [0.25, 0.3) is 0 Å². The van der Waals surface area contributed by atoms with Gasteiger partial charge in [0.05, 0.1) is 19.8 Å². The van der Waals surface area contributed by atoms with E-state index in [9.17, 15) is 9.59 Å². The van der Waals surface area contributed by atoms with E-state index in [1.165, 1.54) is 7.11 Å². The summed E-state index contributed by atoms with van der Waals surface area (Å²) in [5.74, 6) is -0.604. The maximum absolute atomic E-state index is 12.4. The average molecular weight is 337 g/mol. The Labute approximate surface area is 139 Å². The lowest BCUT2D eigenvalue weighted by Gasteiger charge is -2.28. The third-order valence-electron chi connectivity index (χ3n) is 3.67. The van der Waals surface area contributed by atoms with Gasteiger partial charge in [-0.3, -0.25) is 4.79 Å². The molecule has 3 atom stereocenters. The molecule has 0 radical (unpaired) electrons. The second-order valence-electron chi connectivity index (χ2n) is 6.74. The van der Waals surface area contributed by atoms with E-state index in [0.29, 0.717) is 19.6 Å². The van der Waals surface area contributed by atoms with Crippen molar-refractivity contribution in [3.05, 3.63) is 0 Å². The third kappa shape index (κ3) is 6.50. The molecule has 0 bridgehead atoms. The van der Waals surface area contributed by atoms with Gasteiger partial charge in [-0.25, -0.2) is 4.79 Å². The molecule has 1 amide bonds. The van der Waals surface area contributed by atoms with E-state index in [0.717, 1.165) is 6.42 Å². The molecule has 0 aromatic rings. The highest BCUT2D eigenvalue weighted by molar-refractivity contribution is 5.87. The molecule has 7 heteroatoms. The van der Waals surface area contributed by atoms with Crippen LogP contribution < -0.4 is 10.6 Å².